The lowest BCUT2D eigenvalue weighted by atomic mass is 10.0. The number of benzene rings is 1. The molecule has 0 aliphatic carbocycles. The van der Waals surface area contributed by atoms with Crippen LogP contribution in [0.2, 0.25) is 0 Å². The molecule has 4 heteroatoms. The van der Waals surface area contributed by atoms with Crippen molar-refractivity contribution >= 4 is 11.7 Å². The van der Waals surface area contributed by atoms with Gasteiger partial charge in [-0.25, -0.2) is 0 Å². The van der Waals surface area contributed by atoms with Crippen molar-refractivity contribution in [3.63, 3.8) is 0 Å². The lowest BCUT2D eigenvalue weighted by molar-refractivity contribution is 0.0370. The van der Waals surface area contributed by atoms with Crippen LogP contribution < -0.4 is 0 Å². The van der Waals surface area contributed by atoms with Gasteiger partial charge in [0.25, 0.3) is 5.91 Å². The molecule has 0 aromatic heterocycles. The molecular formula is C18H26N2O2. The van der Waals surface area contributed by atoms with Crippen molar-refractivity contribution in [3.05, 3.63) is 35.4 Å². The van der Waals surface area contributed by atoms with E-state index in [2.05, 4.69) is 25.7 Å². The Morgan fingerprint density at radius 1 is 1.18 bits per heavy atom. The number of hydrogen-bond acceptors (Lipinski definition) is 3. The Labute approximate surface area is 133 Å². The van der Waals surface area contributed by atoms with Crippen LogP contribution in [0.3, 0.4) is 0 Å². The largest absolute Gasteiger partial charge is 0.336 e. The van der Waals surface area contributed by atoms with Gasteiger partial charge in [-0.05, 0) is 33.3 Å². The normalized spacial score (nSPS) is 19.5. The first-order chi connectivity index (χ1) is 10.5. The molecule has 1 unspecified atom stereocenters. The molecule has 1 aromatic carbocycles. The molecule has 1 fully saturated rings. The number of rotatable bonds is 4. The zero-order chi connectivity index (χ0) is 16.3. The van der Waals surface area contributed by atoms with Crippen LogP contribution in [0.1, 0.15) is 54.8 Å². The summed E-state index contributed by atoms with van der Waals surface area (Å²) in [6.07, 6.45) is 1.02. The standard InChI is InChI=1S/C18H26N2O2/c1-5-15-12-19(10-11-20(15)13(2)3)18(22)17-9-7-6-8-16(17)14(4)21/h6-9,13,15H,5,10-12H2,1-4H3. The lowest BCUT2D eigenvalue weighted by Crippen LogP contribution is -2.56. The molecular weight excluding hydrogens is 276 g/mol. The molecule has 2 rings (SSSR count). The summed E-state index contributed by atoms with van der Waals surface area (Å²) in [6.45, 7) is 10.4. The minimum absolute atomic E-state index is 0.0207. The molecule has 1 saturated heterocycles. The number of piperazine rings is 1. The third-order valence-corrected chi connectivity index (χ3v) is 4.49. The van der Waals surface area contributed by atoms with Gasteiger partial charge < -0.3 is 4.90 Å². The van der Waals surface area contributed by atoms with Gasteiger partial charge in [0.1, 0.15) is 0 Å². The van der Waals surface area contributed by atoms with Crippen molar-refractivity contribution in [3.8, 4) is 0 Å². The summed E-state index contributed by atoms with van der Waals surface area (Å²) in [5.74, 6) is -0.0792. The van der Waals surface area contributed by atoms with E-state index in [4.69, 9.17) is 0 Å². The number of amides is 1. The van der Waals surface area contributed by atoms with Crippen molar-refractivity contribution in [2.75, 3.05) is 19.6 Å². The van der Waals surface area contributed by atoms with E-state index in [0.29, 0.717) is 23.2 Å². The van der Waals surface area contributed by atoms with E-state index >= 15 is 0 Å². The number of Topliss-reactive ketones (excluding diaryl/α,β-unsaturated/α-hetero) is 1. The Morgan fingerprint density at radius 3 is 2.36 bits per heavy atom. The first kappa shape index (κ1) is 16.7. The van der Waals surface area contributed by atoms with E-state index in [9.17, 15) is 9.59 Å². The van der Waals surface area contributed by atoms with Crippen LogP contribution in [0.5, 0.6) is 0 Å². The smallest absolute Gasteiger partial charge is 0.254 e. The van der Waals surface area contributed by atoms with Crippen molar-refractivity contribution in [1.82, 2.24) is 9.80 Å². The van der Waals surface area contributed by atoms with E-state index in [-0.39, 0.29) is 11.7 Å². The molecule has 4 nitrogen and oxygen atoms in total. The molecule has 0 N–H and O–H groups in total. The van der Waals surface area contributed by atoms with Crippen molar-refractivity contribution in [2.24, 2.45) is 0 Å². The van der Waals surface area contributed by atoms with Crippen LogP contribution in [0.4, 0.5) is 0 Å². The van der Waals surface area contributed by atoms with Gasteiger partial charge >= 0.3 is 0 Å². The first-order valence-corrected chi connectivity index (χ1v) is 8.10. The molecule has 0 spiro atoms. The topological polar surface area (TPSA) is 40.6 Å². The Balaban J connectivity index is 2.19. The fraction of sp³-hybridized carbons (Fsp3) is 0.556. The van der Waals surface area contributed by atoms with Crippen molar-refractivity contribution in [1.29, 1.82) is 0 Å². The summed E-state index contributed by atoms with van der Waals surface area (Å²) in [6, 6.07) is 8.00. The first-order valence-electron chi connectivity index (χ1n) is 8.10. The van der Waals surface area contributed by atoms with Crippen LogP contribution >= 0.6 is 0 Å². The van der Waals surface area contributed by atoms with Gasteiger partial charge in [-0.1, -0.05) is 25.1 Å². The van der Waals surface area contributed by atoms with Gasteiger partial charge in [0.05, 0.1) is 5.56 Å². The van der Waals surface area contributed by atoms with E-state index in [1.54, 1.807) is 18.2 Å². The Bertz CT molecular complexity index is 554. The Kier molecular flexibility index (Phi) is 5.35. The number of hydrogen-bond donors (Lipinski definition) is 0. The zero-order valence-electron chi connectivity index (χ0n) is 14.0. The monoisotopic (exact) mass is 302 g/mol. The van der Waals surface area contributed by atoms with Crippen LogP contribution in [-0.4, -0.2) is 53.2 Å². The Morgan fingerprint density at radius 2 is 1.82 bits per heavy atom. The molecule has 1 aliphatic heterocycles. The molecule has 1 atom stereocenters. The average molecular weight is 302 g/mol. The second kappa shape index (κ2) is 7.05. The summed E-state index contributed by atoms with van der Waals surface area (Å²) in [5, 5.41) is 0. The highest BCUT2D eigenvalue weighted by Gasteiger charge is 2.31. The predicted octanol–water partition coefficient (Wildman–Crippen LogP) is 2.83. The Hall–Kier alpha value is -1.68. The molecule has 120 valence electrons. The molecule has 1 aromatic rings. The van der Waals surface area contributed by atoms with Crippen LogP contribution in [0.25, 0.3) is 0 Å². The second-order valence-electron chi connectivity index (χ2n) is 6.25. The summed E-state index contributed by atoms with van der Waals surface area (Å²) >= 11 is 0. The van der Waals surface area contributed by atoms with Crippen LogP contribution in [0, 0.1) is 0 Å². The van der Waals surface area contributed by atoms with Crippen LogP contribution in [-0.2, 0) is 0 Å². The maximum atomic E-state index is 12.8. The average Bonchev–Trinajstić information content (AvgIpc) is 2.53. The van der Waals surface area contributed by atoms with Gasteiger partial charge in [0.15, 0.2) is 5.78 Å². The summed E-state index contributed by atoms with van der Waals surface area (Å²) < 4.78 is 0. The minimum Gasteiger partial charge on any atom is -0.336 e. The fourth-order valence-corrected chi connectivity index (χ4v) is 3.24. The molecule has 0 saturated carbocycles. The zero-order valence-corrected chi connectivity index (χ0v) is 14.0. The highest BCUT2D eigenvalue weighted by molar-refractivity contribution is 6.07. The molecule has 1 heterocycles. The predicted molar refractivity (Wildman–Crippen MR) is 88.3 cm³/mol. The van der Waals surface area contributed by atoms with Gasteiger partial charge in [-0.15, -0.1) is 0 Å². The van der Waals surface area contributed by atoms with Gasteiger partial charge in [0.2, 0.25) is 0 Å². The quantitative estimate of drug-likeness (QED) is 0.803. The third kappa shape index (κ3) is 3.38. The van der Waals surface area contributed by atoms with Gasteiger partial charge in [-0.2, -0.15) is 0 Å². The third-order valence-electron chi connectivity index (χ3n) is 4.49. The maximum Gasteiger partial charge on any atom is 0.254 e. The lowest BCUT2D eigenvalue weighted by Gasteiger charge is -2.43. The van der Waals surface area contributed by atoms with E-state index in [1.165, 1.54) is 6.92 Å². The number of carbonyl (C=O) groups excluding carboxylic acids is 2. The molecule has 22 heavy (non-hydrogen) atoms. The summed E-state index contributed by atoms with van der Waals surface area (Å²) in [5.41, 5.74) is 1.05. The van der Waals surface area contributed by atoms with Gasteiger partial charge in [0, 0.05) is 37.3 Å². The van der Waals surface area contributed by atoms with Gasteiger partial charge in [-0.3, -0.25) is 14.5 Å². The highest BCUT2D eigenvalue weighted by Crippen LogP contribution is 2.19. The minimum atomic E-state index is -0.0585. The summed E-state index contributed by atoms with van der Waals surface area (Å²) in [7, 11) is 0. The number of nitrogens with zero attached hydrogens (tertiary/aromatic N) is 2. The maximum absolute atomic E-state index is 12.8. The van der Waals surface area contributed by atoms with E-state index < -0.39 is 0 Å². The van der Waals surface area contributed by atoms with Crippen LogP contribution in [0.15, 0.2) is 24.3 Å². The molecule has 1 amide bonds. The molecule has 1 aliphatic rings. The summed E-state index contributed by atoms with van der Waals surface area (Å²) in [4.78, 5) is 28.9. The highest BCUT2D eigenvalue weighted by atomic mass is 16.2. The molecule has 0 radical (unpaired) electrons. The number of carbonyl (C=O) groups is 2. The van der Waals surface area contributed by atoms with E-state index in [1.807, 2.05) is 11.0 Å². The fourth-order valence-electron chi connectivity index (χ4n) is 3.24. The van der Waals surface area contributed by atoms with Crippen molar-refractivity contribution in [2.45, 2.75) is 46.2 Å². The second-order valence-corrected chi connectivity index (χ2v) is 6.25. The number of ketones is 1. The molecule has 0 bridgehead atoms. The van der Waals surface area contributed by atoms with Crippen molar-refractivity contribution < 1.29 is 9.59 Å². The van der Waals surface area contributed by atoms with E-state index in [0.717, 1.165) is 26.1 Å². The SMILES string of the molecule is CCC1CN(C(=O)c2ccccc2C(C)=O)CCN1C(C)C.